The number of carbonyl (C=O) groups excluding carboxylic acids is 2. The smallest absolute Gasteiger partial charge is 0.256 e. The minimum absolute atomic E-state index is 0.00330. The van der Waals surface area contributed by atoms with Crippen molar-refractivity contribution < 1.29 is 14.0 Å². The van der Waals surface area contributed by atoms with E-state index in [0.29, 0.717) is 16.5 Å². The van der Waals surface area contributed by atoms with E-state index in [1.54, 1.807) is 31.2 Å². The van der Waals surface area contributed by atoms with Gasteiger partial charge in [-0.25, -0.2) is 4.98 Å². The number of benzene rings is 1. The number of hydrogen-bond acceptors (Lipinski definition) is 5. The predicted octanol–water partition coefficient (Wildman–Crippen LogP) is 3.61. The van der Waals surface area contributed by atoms with Crippen LogP contribution >= 0.6 is 11.8 Å². The van der Waals surface area contributed by atoms with Gasteiger partial charge in [0.25, 0.3) is 5.22 Å². The minimum atomic E-state index is -0.343. The molecule has 0 spiro atoms. The number of rotatable bonds is 5. The lowest BCUT2D eigenvalue weighted by Gasteiger charge is -2.10. The van der Waals surface area contributed by atoms with Gasteiger partial charge in [-0.1, -0.05) is 11.8 Å². The van der Waals surface area contributed by atoms with Crippen molar-refractivity contribution in [1.82, 2.24) is 4.98 Å². The van der Waals surface area contributed by atoms with E-state index in [0.717, 1.165) is 11.5 Å². The molecule has 0 aliphatic heterocycles. The summed E-state index contributed by atoms with van der Waals surface area (Å²) in [5.74, 6) is 0.612. The Morgan fingerprint density at radius 2 is 1.86 bits per heavy atom. The maximum atomic E-state index is 12.2. The van der Waals surface area contributed by atoms with Gasteiger partial charge in [-0.2, -0.15) is 0 Å². The van der Waals surface area contributed by atoms with Gasteiger partial charge in [0.15, 0.2) is 5.78 Å². The molecule has 5 nitrogen and oxygen atoms in total. The zero-order valence-corrected chi connectivity index (χ0v) is 13.8. The fourth-order valence-electron chi connectivity index (χ4n) is 1.73. The number of ketones is 1. The third-order valence-electron chi connectivity index (χ3n) is 3.21. The summed E-state index contributed by atoms with van der Waals surface area (Å²) in [6.45, 7) is 7.00. The van der Waals surface area contributed by atoms with Gasteiger partial charge < -0.3 is 9.73 Å². The SMILES string of the molecule is CC(=O)c1ccc(NC(=O)C(C)Sc2nc(C)c(C)o2)cc1. The number of nitrogens with zero attached hydrogens (tertiary/aromatic N) is 1. The van der Waals surface area contributed by atoms with Gasteiger partial charge >= 0.3 is 0 Å². The van der Waals surface area contributed by atoms with Crippen molar-refractivity contribution in [2.45, 2.75) is 38.2 Å². The highest BCUT2D eigenvalue weighted by Gasteiger charge is 2.18. The topological polar surface area (TPSA) is 72.2 Å². The van der Waals surface area contributed by atoms with Crippen LogP contribution in [-0.2, 0) is 4.79 Å². The van der Waals surface area contributed by atoms with Crippen LogP contribution in [0.15, 0.2) is 33.9 Å². The molecule has 1 heterocycles. The van der Waals surface area contributed by atoms with Crippen molar-refractivity contribution >= 4 is 29.1 Å². The molecule has 116 valence electrons. The number of oxazole rings is 1. The summed E-state index contributed by atoms with van der Waals surface area (Å²) in [6.07, 6.45) is 0. The number of hydrogen-bond donors (Lipinski definition) is 1. The van der Waals surface area contributed by atoms with E-state index < -0.39 is 0 Å². The first-order valence-corrected chi connectivity index (χ1v) is 7.77. The van der Waals surface area contributed by atoms with Crippen LogP contribution in [0.25, 0.3) is 0 Å². The zero-order valence-electron chi connectivity index (χ0n) is 13.0. The summed E-state index contributed by atoms with van der Waals surface area (Å²) < 4.78 is 5.46. The van der Waals surface area contributed by atoms with E-state index in [1.165, 1.54) is 18.7 Å². The average molecular weight is 318 g/mol. The zero-order chi connectivity index (χ0) is 16.3. The van der Waals surface area contributed by atoms with Crippen LogP contribution < -0.4 is 5.32 Å². The monoisotopic (exact) mass is 318 g/mol. The largest absolute Gasteiger partial charge is 0.437 e. The molecule has 1 atom stereocenters. The molecule has 1 N–H and O–H groups in total. The number of anilines is 1. The van der Waals surface area contributed by atoms with Gasteiger partial charge in [-0.05, 0) is 52.0 Å². The number of aryl methyl sites for hydroxylation is 2. The van der Waals surface area contributed by atoms with Crippen LogP contribution in [0, 0.1) is 13.8 Å². The van der Waals surface area contributed by atoms with Crippen molar-refractivity contribution in [3.05, 3.63) is 41.3 Å². The number of Topliss-reactive ketones (excluding diaryl/α,β-unsaturated/α-hetero) is 1. The molecular weight excluding hydrogens is 300 g/mol. The van der Waals surface area contributed by atoms with Crippen molar-refractivity contribution in [2.24, 2.45) is 0 Å². The quantitative estimate of drug-likeness (QED) is 0.673. The predicted molar refractivity (Wildman–Crippen MR) is 86.4 cm³/mol. The lowest BCUT2D eigenvalue weighted by atomic mass is 10.1. The first-order chi connectivity index (χ1) is 10.4. The highest BCUT2D eigenvalue weighted by Crippen LogP contribution is 2.25. The Balaban J connectivity index is 1.97. The fourth-order valence-corrected chi connectivity index (χ4v) is 2.56. The molecule has 1 aromatic carbocycles. The molecule has 2 rings (SSSR count). The van der Waals surface area contributed by atoms with Gasteiger partial charge in [0.2, 0.25) is 5.91 Å². The Hall–Kier alpha value is -2.08. The molecule has 1 unspecified atom stereocenters. The van der Waals surface area contributed by atoms with E-state index in [2.05, 4.69) is 10.3 Å². The van der Waals surface area contributed by atoms with Crippen molar-refractivity contribution in [1.29, 1.82) is 0 Å². The molecule has 0 aliphatic rings. The molecule has 0 radical (unpaired) electrons. The van der Waals surface area contributed by atoms with Crippen LogP contribution in [0.2, 0.25) is 0 Å². The second-order valence-corrected chi connectivity index (χ2v) is 6.30. The highest BCUT2D eigenvalue weighted by atomic mass is 32.2. The van der Waals surface area contributed by atoms with Gasteiger partial charge in [-0.15, -0.1) is 0 Å². The Kier molecular flexibility index (Phi) is 5.03. The summed E-state index contributed by atoms with van der Waals surface area (Å²) in [5, 5.41) is 2.96. The van der Waals surface area contributed by atoms with Crippen LogP contribution in [0.3, 0.4) is 0 Å². The first-order valence-electron chi connectivity index (χ1n) is 6.89. The summed E-state index contributed by atoms with van der Waals surface area (Å²) >= 11 is 1.27. The minimum Gasteiger partial charge on any atom is -0.437 e. The Labute approximate surface area is 133 Å². The van der Waals surface area contributed by atoms with Crippen molar-refractivity contribution in [2.75, 3.05) is 5.32 Å². The van der Waals surface area contributed by atoms with Crippen LogP contribution in [0.5, 0.6) is 0 Å². The summed E-state index contributed by atoms with van der Waals surface area (Å²) in [5.41, 5.74) is 2.10. The van der Waals surface area contributed by atoms with E-state index in [-0.39, 0.29) is 16.9 Å². The highest BCUT2D eigenvalue weighted by molar-refractivity contribution is 8.00. The maximum Gasteiger partial charge on any atom is 0.256 e. The molecule has 0 aliphatic carbocycles. The molecule has 1 amide bonds. The molecule has 0 saturated carbocycles. The van der Waals surface area contributed by atoms with Gasteiger partial charge in [0.1, 0.15) is 5.76 Å². The second kappa shape index (κ2) is 6.79. The standard InChI is InChI=1S/C16H18N2O3S/c1-9-11(3)21-16(17-9)22-12(4)15(20)18-14-7-5-13(6-8-14)10(2)19/h5-8,12H,1-4H3,(H,18,20). The number of aromatic nitrogens is 1. The number of carbonyl (C=O) groups is 2. The van der Waals surface area contributed by atoms with Crippen molar-refractivity contribution in [3.63, 3.8) is 0 Å². The van der Waals surface area contributed by atoms with Gasteiger partial charge in [-0.3, -0.25) is 9.59 Å². The molecule has 0 saturated heterocycles. The fraction of sp³-hybridized carbons (Fsp3) is 0.312. The molecular formula is C16H18N2O3S. The third kappa shape index (κ3) is 3.98. The molecule has 1 aromatic heterocycles. The Morgan fingerprint density at radius 3 is 2.36 bits per heavy atom. The Morgan fingerprint density at radius 1 is 1.23 bits per heavy atom. The number of thioether (sulfide) groups is 1. The molecule has 0 bridgehead atoms. The summed E-state index contributed by atoms with van der Waals surface area (Å²) in [4.78, 5) is 27.6. The number of nitrogens with one attached hydrogen (secondary N) is 1. The van der Waals surface area contributed by atoms with Crippen LogP contribution in [0.4, 0.5) is 5.69 Å². The molecule has 22 heavy (non-hydrogen) atoms. The Bertz CT molecular complexity index is 672. The van der Waals surface area contributed by atoms with E-state index in [4.69, 9.17) is 4.42 Å². The molecule has 6 heteroatoms. The average Bonchev–Trinajstić information content (AvgIpc) is 2.77. The lowest BCUT2D eigenvalue weighted by Crippen LogP contribution is -2.22. The van der Waals surface area contributed by atoms with Gasteiger partial charge in [0.05, 0.1) is 10.9 Å². The summed E-state index contributed by atoms with van der Waals surface area (Å²) in [6, 6.07) is 6.81. The molecule has 2 aromatic rings. The molecule has 0 fully saturated rings. The van der Waals surface area contributed by atoms with E-state index in [9.17, 15) is 9.59 Å². The van der Waals surface area contributed by atoms with Crippen LogP contribution in [0.1, 0.15) is 35.7 Å². The number of amides is 1. The van der Waals surface area contributed by atoms with E-state index >= 15 is 0 Å². The summed E-state index contributed by atoms with van der Waals surface area (Å²) in [7, 11) is 0. The first kappa shape index (κ1) is 16.3. The van der Waals surface area contributed by atoms with Crippen molar-refractivity contribution in [3.8, 4) is 0 Å². The third-order valence-corrected chi connectivity index (χ3v) is 4.16. The normalized spacial score (nSPS) is 12.0. The lowest BCUT2D eigenvalue weighted by molar-refractivity contribution is -0.115. The van der Waals surface area contributed by atoms with E-state index in [1.807, 2.05) is 13.8 Å². The van der Waals surface area contributed by atoms with Crippen LogP contribution in [-0.4, -0.2) is 21.9 Å². The second-order valence-electron chi connectivity index (χ2n) is 5.00. The van der Waals surface area contributed by atoms with Gasteiger partial charge in [0, 0.05) is 11.3 Å². The maximum absolute atomic E-state index is 12.2.